The van der Waals surface area contributed by atoms with Gasteiger partial charge in [-0.15, -0.1) is 0 Å². The van der Waals surface area contributed by atoms with Crippen LogP contribution in [0.2, 0.25) is 0 Å². The zero-order chi connectivity index (χ0) is 16.7. The molecule has 4 nitrogen and oxygen atoms in total. The smallest absolute Gasteiger partial charge is 0.294 e. The number of hydrogen-bond donors (Lipinski definition) is 1. The number of ether oxygens (including phenoxy) is 1. The third-order valence-corrected chi connectivity index (χ3v) is 4.54. The molecule has 0 amide bonds. The van der Waals surface area contributed by atoms with Crippen LogP contribution in [-0.4, -0.2) is 19.6 Å². The summed E-state index contributed by atoms with van der Waals surface area (Å²) < 4.78 is 37.7. The van der Waals surface area contributed by atoms with Gasteiger partial charge in [0.05, 0.1) is 11.5 Å². The second kappa shape index (κ2) is 8.24. The lowest BCUT2D eigenvalue weighted by Gasteiger charge is -2.09. The first-order chi connectivity index (χ1) is 11.0. The van der Waals surface area contributed by atoms with Crippen molar-refractivity contribution >= 4 is 10.1 Å². The maximum absolute atomic E-state index is 11.4. The fourth-order valence-electron chi connectivity index (χ4n) is 2.44. The fraction of sp³-hybridized carbons (Fsp3) is 0.333. The van der Waals surface area contributed by atoms with E-state index >= 15 is 0 Å². The van der Waals surface area contributed by atoms with Gasteiger partial charge in [0.1, 0.15) is 0 Å². The van der Waals surface area contributed by atoms with Crippen LogP contribution in [0.25, 0.3) is 0 Å². The summed E-state index contributed by atoms with van der Waals surface area (Å²) in [6.07, 6.45) is 2.25. The average molecular weight is 334 g/mol. The van der Waals surface area contributed by atoms with Crippen molar-refractivity contribution < 1.29 is 17.7 Å². The van der Waals surface area contributed by atoms with Crippen LogP contribution < -0.4 is 0 Å². The molecule has 0 atom stereocenters. The van der Waals surface area contributed by atoms with E-state index < -0.39 is 10.1 Å². The standard InChI is InChI=1S/C18H22O4S/c1-15-10-11-18(23(19,20)21)17(13-15)9-5-6-12-22-14-16-7-3-2-4-8-16/h2-4,7-8,10-11,13H,5-6,9,12,14H2,1H3,(H,19,20,21). The zero-order valence-corrected chi connectivity index (χ0v) is 14.1. The Hall–Kier alpha value is -1.69. The SMILES string of the molecule is Cc1ccc(S(=O)(=O)O)c(CCCCOCc2ccccc2)c1. The number of rotatable bonds is 8. The van der Waals surface area contributed by atoms with Gasteiger partial charge in [-0.25, -0.2) is 0 Å². The molecule has 0 aromatic heterocycles. The Labute approximate surface area is 137 Å². The van der Waals surface area contributed by atoms with Crippen LogP contribution in [0.15, 0.2) is 53.4 Å². The first-order valence-corrected chi connectivity index (χ1v) is 9.09. The van der Waals surface area contributed by atoms with Gasteiger partial charge in [-0.3, -0.25) is 4.55 Å². The second-order valence-electron chi connectivity index (χ2n) is 5.58. The van der Waals surface area contributed by atoms with Crippen molar-refractivity contribution in [2.75, 3.05) is 6.61 Å². The van der Waals surface area contributed by atoms with Crippen LogP contribution in [0.1, 0.15) is 29.5 Å². The van der Waals surface area contributed by atoms with E-state index in [1.807, 2.05) is 43.3 Å². The lowest BCUT2D eigenvalue weighted by atomic mass is 10.1. The van der Waals surface area contributed by atoms with E-state index in [2.05, 4.69) is 0 Å². The lowest BCUT2D eigenvalue weighted by Crippen LogP contribution is -2.04. The highest BCUT2D eigenvalue weighted by Gasteiger charge is 2.14. The number of unbranched alkanes of at least 4 members (excludes halogenated alkanes) is 1. The highest BCUT2D eigenvalue weighted by Crippen LogP contribution is 2.19. The molecule has 23 heavy (non-hydrogen) atoms. The molecule has 0 spiro atoms. The van der Waals surface area contributed by atoms with Gasteiger partial charge in [0.25, 0.3) is 10.1 Å². The molecule has 124 valence electrons. The zero-order valence-electron chi connectivity index (χ0n) is 13.2. The van der Waals surface area contributed by atoms with Gasteiger partial charge in [-0.1, -0.05) is 48.0 Å². The summed E-state index contributed by atoms with van der Waals surface area (Å²) in [6.45, 7) is 3.11. The summed E-state index contributed by atoms with van der Waals surface area (Å²) in [5, 5.41) is 0. The minimum Gasteiger partial charge on any atom is -0.377 e. The van der Waals surface area contributed by atoms with E-state index in [9.17, 15) is 13.0 Å². The highest BCUT2D eigenvalue weighted by atomic mass is 32.2. The molecule has 0 heterocycles. The Bertz CT molecular complexity index is 724. The van der Waals surface area contributed by atoms with Crippen molar-refractivity contribution in [2.24, 2.45) is 0 Å². The summed E-state index contributed by atoms with van der Waals surface area (Å²) >= 11 is 0. The third kappa shape index (κ3) is 5.78. The van der Waals surface area contributed by atoms with Crippen molar-refractivity contribution in [2.45, 2.75) is 37.7 Å². The minimum absolute atomic E-state index is 0.00769. The van der Waals surface area contributed by atoms with Crippen molar-refractivity contribution in [1.29, 1.82) is 0 Å². The molecule has 2 aromatic carbocycles. The summed E-state index contributed by atoms with van der Waals surface area (Å²) in [6, 6.07) is 14.9. The third-order valence-electron chi connectivity index (χ3n) is 3.59. The molecule has 0 fully saturated rings. The van der Waals surface area contributed by atoms with Crippen LogP contribution in [0.3, 0.4) is 0 Å². The Morgan fingerprint density at radius 3 is 2.48 bits per heavy atom. The summed E-state index contributed by atoms with van der Waals surface area (Å²) in [5.41, 5.74) is 2.78. The normalized spacial score (nSPS) is 11.6. The van der Waals surface area contributed by atoms with Crippen LogP contribution in [0, 0.1) is 6.92 Å². The second-order valence-corrected chi connectivity index (χ2v) is 6.97. The predicted octanol–water partition coefficient (Wildman–Crippen LogP) is 3.78. The topological polar surface area (TPSA) is 63.6 Å². The molecule has 0 radical (unpaired) electrons. The molecule has 0 aliphatic rings. The van der Waals surface area contributed by atoms with E-state index in [0.29, 0.717) is 25.2 Å². The fourth-order valence-corrected chi connectivity index (χ4v) is 3.17. The van der Waals surface area contributed by atoms with Gasteiger partial charge < -0.3 is 4.74 Å². The first-order valence-electron chi connectivity index (χ1n) is 7.65. The number of aryl methyl sites for hydroxylation is 2. The van der Waals surface area contributed by atoms with Crippen LogP contribution in [0.5, 0.6) is 0 Å². The number of benzene rings is 2. The van der Waals surface area contributed by atoms with E-state index in [4.69, 9.17) is 4.74 Å². The van der Waals surface area contributed by atoms with Crippen LogP contribution in [-0.2, 0) is 27.9 Å². The van der Waals surface area contributed by atoms with E-state index in [-0.39, 0.29) is 4.90 Å². The van der Waals surface area contributed by atoms with Crippen LogP contribution in [0.4, 0.5) is 0 Å². The molecule has 0 bridgehead atoms. The molecule has 1 N–H and O–H groups in total. The van der Waals surface area contributed by atoms with Gasteiger partial charge in [-0.05, 0) is 43.4 Å². The summed E-state index contributed by atoms with van der Waals surface area (Å²) in [5.74, 6) is 0. The highest BCUT2D eigenvalue weighted by molar-refractivity contribution is 7.85. The van der Waals surface area contributed by atoms with Crippen molar-refractivity contribution in [3.05, 3.63) is 65.2 Å². The molecule has 0 unspecified atom stereocenters. The van der Waals surface area contributed by atoms with E-state index in [1.165, 1.54) is 6.07 Å². The molecule has 2 rings (SSSR count). The Kier molecular flexibility index (Phi) is 6.33. The average Bonchev–Trinajstić information content (AvgIpc) is 2.50. The monoisotopic (exact) mass is 334 g/mol. The van der Waals surface area contributed by atoms with Gasteiger partial charge in [-0.2, -0.15) is 8.42 Å². The molecule has 5 heteroatoms. The molecule has 0 saturated heterocycles. The molecule has 0 saturated carbocycles. The van der Waals surface area contributed by atoms with Crippen LogP contribution >= 0.6 is 0 Å². The summed E-state index contributed by atoms with van der Waals surface area (Å²) in [7, 11) is -4.16. The van der Waals surface area contributed by atoms with Gasteiger partial charge in [0.15, 0.2) is 0 Å². The molecule has 2 aromatic rings. The minimum atomic E-state index is -4.16. The van der Waals surface area contributed by atoms with Crippen molar-refractivity contribution in [3.63, 3.8) is 0 Å². The lowest BCUT2D eigenvalue weighted by molar-refractivity contribution is 0.117. The van der Waals surface area contributed by atoms with E-state index in [0.717, 1.165) is 24.0 Å². The summed E-state index contributed by atoms with van der Waals surface area (Å²) in [4.78, 5) is 0.00769. The maximum Gasteiger partial charge on any atom is 0.294 e. The Morgan fingerprint density at radius 1 is 1.04 bits per heavy atom. The van der Waals surface area contributed by atoms with E-state index in [1.54, 1.807) is 6.07 Å². The quantitative estimate of drug-likeness (QED) is 0.589. The molecule has 0 aliphatic carbocycles. The van der Waals surface area contributed by atoms with Crippen molar-refractivity contribution in [1.82, 2.24) is 0 Å². The largest absolute Gasteiger partial charge is 0.377 e. The Morgan fingerprint density at radius 2 is 1.78 bits per heavy atom. The Balaban J connectivity index is 1.79. The predicted molar refractivity (Wildman–Crippen MR) is 90.0 cm³/mol. The molecule has 0 aliphatic heterocycles. The first kappa shape index (κ1) is 17.7. The van der Waals surface area contributed by atoms with Gasteiger partial charge >= 0.3 is 0 Å². The van der Waals surface area contributed by atoms with Gasteiger partial charge in [0, 0.05) is 6.61 Å². The number of hydrogen-bond acceptors (Lipinski definition) is 3. The molecular weight excluding hydrogens is 312 g/mol. The van der Waals surface area contributed by atoms with Gasteiger partial charge in [0.2, 0.25) is 0 Å². The maximum atomic E-state index is 11.4. The molecular formula is C18H22O4S. The van der Waals surface area contributed by atoms with Crippen molar-refractivity contribution in [3.8, 4) is 0 Å².